The van der Waals surface area contributed by atoms with E-state index >= 15 is 4.39 Å². The zero-order chi connectivity index (χ0) is 46.0. The first-order chi connectivity index (χ1) is 32.5. The Balaban J connectivity index is 0.732. The summed E-state index contributed by atoms with van der Waals surface area (Å²) in [6.45, 7) is 11.9. The van der Waals surface area contributed by atoms with Crippen LogP contribution in [-0.4, -0.2) is 92.0 Å². The molecule has 7 aromatic rings. The number of benzene rings is 4. The monoisotopic (exact) mass is 920 g/mol. The third kappa shape index (κ3) is 8.22. The molecule has 11 rings (SSSR count). The highest BCUT2D eigenvalue weighted by Crippen LogP contribution is 2.48. The molecule has 11 nitrogen and oxygen atoms in total. The number of aliphatic hydroxyl groups is 1. The van der Waals surface area contributed by atoms with E-state index in [0.29, 0.717) is 50.1 Å². The van der Waals surface area contributed by atoms with Gasteiger partial charge in [-0.15, -0.1) is 21.5 Å². The van der Waals surface area contributed by atoms with Crippen molar-refractivity contribution in [3.8, 4) is 10.8 Å². The standard InChI is InChI=1S/C53H54F2N8O3S/c1-32-33(2)67-52-48(32)50(57-46(30-47-56-20-27-66-47)51-59-58-34(3)63(51)52)36-6-12-39(13-7-36)61-21-18-53(65,19-22-61)31-60-23-25-62(26-24-60)40-10-4-35(5-11-40)49-42-17-14-41(64)28-37(42)8-15-44(49)43-16-9-38(54)29-45(43)55/h4-7,9-14,16-17,20,27-29,44,46,49,64-65H,8,15,18-19,21-26,30-31H2,1-3H3/t44-,46-,49-/m0/s1. The molecule has 0 amide bonds. The van der Waals surface area contributed by atoms with Gasteiger partial charge in [-0.25, -0.2) is 13.8 Å². The molecule has 3 aliphatic heterocycles. The highest BCUT2D eigenvalue weighted by Gasteiger charge is 2.37. The van der Waals surface area contributed by atoms with Gasteiger partial charge in [0, 0.05) is 85.2 Å². The van der Waals surface area contributed by atoms with Crippen molar-refractivity contribution in [1.82, 2.24) is 24.6 Å². The van der Waals surface area contributed by atoms with Gasteiger partial charge in [0.2, 0.25) is 0 Å². The number of hydrogen-bond donors (Lipinski definition) is 2. The first kappa shape index (κ1) is 43.4. The summed E-state index contributed by atoms with van der Waals surface area (Å²) in [5.41, 5.74) is 9.50. The quantitative estimate of drug-likeness (QED) is 0.146. The Labute approximate surface area is 393 Å². The molecule has 0 unspecified atom stereocenters. The number of aromatic nitrogens is 4. The van der Waals surface area contributed by atoms with E-state index in [1.807, 2.05) is 19.1 Å². The lowest BCUT2D eigenvalue weighted by Crippen LogP contribution is -2.55. The van der Waals surface area contributed by atoms with Crippen molar-refractivity contribution < 1.29 is 23.4 Å². The van der Waals surface area contributed by atoms with Gasteiger partial charge < -0.3 is 24.4 Å². The number of aliphatic imine (C=N–C) groups is 1. The molecule has 3 atom stereocenters. The first-order valence-corrected chi connectivity index (χ1v) is 24.2. The smallest absolute Gasteiger partial charge is 0.196 e. The number of hydrogen-bond acceptors (Lipinski definition) is 11. The Morgan fingerprint density at radius 2 is 1.54 bits per heavy atom. The van der Waals surface area contributed by atoms with Crippen LogP contribution in [0.4, 0.5) is 20.2 Å². The maximum Gasteiger partial charge on any atom is 0.196 e. The average molecular weight is 921 g/mol. The highest BCUT2D eigenvalue weighted by atomic mass is 32.1. The number of aryl methyl sites for hydroxylation is 3. The molecule has 2 saturated heterocycles. The molecule has 1 aliphatic carbocycles. The molecule has 3 aromatic heterocycles. The molecule has 4 aliphatic rings. The Kier molecular flexibility index (Phi) is 11.3. The largest absolute Gasteiger partial charge is 0.508 e. The fraction of sp³-hybridized carbons (Fsp3) is 0.358. The third-order valence-electron chi connectivity index (χ3n) is 14.7. The van der Waals surface area contributed by atoms with Gasteiger partial charge in [0.25, 0.3) is 0 Å². The Bertz CT molecular complexity index is 2950. The predicted octanol–water partition coefficient (Wildman–Crippen LogP) is 9.38. The minimum Gasteiger partial charge on any atom is -0.508 e. The van der Waals surface area contributed by atoms with E-state index in [-0.39, 0.29) is 23.6 Å². The number of β-amino-alcohol motifs (C(OH)–C–C–N with tert-alkyl or cyclic N) is 1. The minimum atomic E-state index is -0.761. The molecule has 67 heavy (non-hydrogen) atoms. The van der Waals surface area contributed by atoms with Crippen LogP contribution in [-0.2, 0) is 12.8 Å². The molecule has 0 spiro atoms. The van der Waals surface area contributed by atoms with Crippen LogP contribution >= 0.6 is 11.3 Å². The van der Waals surface area contributed by atoms with E-state index in [0.717, 1.165) is 107 Å². The molecule has 0 saturated carbocycles. The van der Waals surface area contributed by atoms with Crippen LogP contribution in [0.2, 0.25) is 0 Å². The molecule has 0 radical (unpaired) electrons. The second kappa shape index (κ2) is 17.5. The fourth-order valence-corrected chi connectivity index (χ4v) is 12.3. The van der Waals surface area contributed by atoms with Crippen molar-refractivity contribution >= 4 is 28.4 Å². The maximum atomic E-state index is 15.2. The number of piperidine rings is 1. The second-order valence-electron chi connectivity index (χ2n) is 18.8. The molecule has 0 bridgehead atoms. The molecule has 14 heteroatoms. The van der Waals surface area contributed by atoms with E-state index in [9.17, 15) is 14.6 Å². The van der Waals surface area contributed by atoms with Crippen molar-refractivity contribution in [1.29, 1.82) is 0 Å². The van der Waals surface area contributed by atoms with Crippen LogP contribution in [0.5, 0.6) is 5.75 Å². The zero-order valence-corrected chi connectivity index (χ0v) is 38.8. The van der Waals surface area contributed by atoms with Crippen LogP contribution in [0.15, 0.2) is 107 Å². The molecular formula is C53H54F2N8O3S. The van der Waals surface area contributed by atoms with Gasteiger partial charge in [-0.05, 0) is 123 Å². The lowest BCUT2D eigenvalue weighted by atomic mass is 9.69. The Hall–Kier alpha value is -6.22. The van der Waals surface area contributed by atoms with Crippen molar-refractivity contribution in [2.24, 2.45) is 4.99 Å². The van der Waals surface area contributed by atoms with Crippen molar-refractivity contribution in [2.75, 3.05) is 55.6 Å². The van der Waals surface area contributed by atoms with Crippen LogP contribution in [0.25, 0.3) is 5.00 Å². The number of anilines is 2. The number of halogens is 2. The number of phenols is 1. The summed E-state index contributed by atoms with van der Waals surface area (Å²) in [6.07, 6.45) is 6.50. The average Bonchev–Trinajstić information content (AvgIpc) is 4.04. The summed E-state index contributed by atoms with van der Waals surface area (Å²) < 4.78 is 37.0. The zero-order valence-electron chi connectivity index (χ0n) is 38.0. The van der Waals surface area contributed by atoms with Crippen molar-refractivity contribution in [3.05, 3.63) is 170 Å². The number of phenolic OH excluding ortho intramolecular Hbond substituents is 1. The van der Waals surface area contributed by atoms with E-state index in [2.05, 4.69) is 96.8 Å². The second-order valence-corrected chi connectivity index (χ2v) is 20.0. The molecule has 344 valence electrons. The van der Waals surface area contributed by atoms with Gasteiger partial charge in [-0.2, -0.15) is 0 Å². The van der Waals surface area contributed by atoms with Crippen LogP contribution in [0.3, 0.4) is 0 Å². The van der Waals surface area contributed by atoms with E-state index in [1.165, 1.54) is 16.5 Å². The summed E-state index contributed by atoms with van der Waals surface area (Å²) in [7, 11) is 0. The lowest BCUT2D eigenvalue weighted by Gasteiger charge is -2.44. The highest BCUT2D eigenvalue weighted by molar-refractivity contribution is 7.15. The van der Waals surface area contributed by atoms with Crippen molar-refractivity contribution in [3.63, 3.8) is 0 Å². The predicted molar refractivity (Wildman–Crippen MR) is 257 cm³/mol. The van der Waals surface area contributed by atoms with Crippen LogP contribution < -0.4 is 9.80 Å². The van der Waals surface area contributed by atoms with Gasteiger partial charge in [0.1, 0.15) is 40.5 Å². The molecule has 6 heterocycles. The first-order valence-electron chi connectivity index (χ1n) is 23.4. The SMILES string of the molecule is Cc1sc2c(c1C)C(c1ccc(N3CCC(O)(CN4CCN(c5ccc([C@H]6c7ccc(O)cc7CC[C@H]6c6ccc(F)cc6F)cc5)CC4)CC3)cc1)=N[C@@H](Cc1ncco1)c1nnc(C)n1-2. The topological polar surface area (TPSA) is 119 Å². The maximum absolute atomic E-state index is 15.2. The van der Waals surface area contributed by atoms with Gasteiger partial charge in [-0.1, -0.05) is 36.4 Å². The molecule has 2 N–H and O–H groups in total. The number of piperazine rings is 1. The number of aromatic hydroxyl groups is 1. The Morgan fingerprint density at radius 3 is 2.25 bits per heavy atom. The lowest BCUT2D eigenvalue weighted by molar-refractivity contribution is -0.0173. The normalized spacial score (nSPS) is 20.5. The number of nitrogens with zero attached hydrogens (tertiary/aromatic N) is 8. The number of oxazole rings is 1. The van der Waals surface area contributed by atoms with E-state index < -0.39 is 17.2 Å². The molecule has 4 aromatic carbocycles. The molecule has 2 fully saturated rings. The van der Waals surface area contributed by atoms with E-state index in [4.69, 9.17) is 9.41 Å². The summed E-state index contributed by atoms with van der Waals surface area (Å²) in [5, 5.41) is 32.3. The summed E-state index contributed by atoms with van der Waals surface area (Å²) >= 11 is 1.74. The van der Waals surface area contributed by atoms with Crippen molar-refractivity contribution in [2.45, 2.75) is 76.4 Å². The molecular weight excluding hydrogens is 867 g/mol. The van der Waals surface area contributed by atoms with Crippen LogP contribution in [0.1, 0.15) is 98.5 Å². The number of rotatable bonds is 9. The Morgan fingerprint density at radius 1 is 0.821 bits per heavy atom. The number of thiophene rings is 1. The minimum absolute atomic E-state index is 0.133. The van der Waals surface area contributed by atoms with Gasteiger partial charge in [0.15, 0.2) is 11.7 Å². The van der Waals surface area contributed by atoms with Gasteiger partial charge in [0.05, 0.1) is 23.9 Å². The summed E-state index contributed by atoms with van der Waals surface area (Å²) in [4.78, 5) is 18.2. The fourth-order valence-electron chi connectivity index (χ4n) is 11.0. The van der Waals surface area contributed by atoms with Gasteiger partial charge >= 0.3 is 0 Å². The van der Waals surface area contributed by atoms with E-state index in [1.54, 1.807) is 35.9 Å². The summed E-state index contributed by atoms with van der Waals surface area (Å²) in [6, 6.07) is 26.4. The van der Waals surface area contributed by atoms with Gasteiger partial charge in [-0.3, -0.25) is 14.5 Å². The summed E-state index contributed by atoms with van der Waals surface area (Å²) in [5.74, 6) is 1.04. The van der Waals surface area contributed by atoms with Crippen LogP contribution in [0, 0.1) is 32.4 Å². The number of fused-ring (bicyclic) bond motifs is 4. The third-order valence-corrected chi connectivity index (χ3v) is 15.9.